The Kier molecular flexibility index (Phi) is 3.51. The Balaban J connectivity index is 2.53. The van der Waals surface area contributed by atoms with Gasteiger partial charge < -0.3 is 5.11 Å². The van der Waals surface area contributed by atoms with Crippen molar-refractivity contribution in [3.8, 4) is 0 Å². The fraction of sp³-hybridized carbons (Fsp3) is 0.818. The molecule has 1 rings (SSSR count). The van der Waals surface area contributed by atoms with E-state index in [1.165, 1.54) is 6.42 Å². The van der Waals surface area contributed by atoms with E-state index in [9.17, 15) is 5.11 Å². The molecule has 1 unspecified atom stereocenters. The van der Waals surface area contributed by atoms with Crippen LogP contribution < -0.4 is 0 Å². The van der Waals surface area contributed by atoms with Gasteiger partial charge in [-0.1, -0.05) is 12.2 Å². The maximum absolute atomic E-state index is 9.92. The summed E-state index contributed by atoms with van der Waals surface area (Å²) in [7, 11) is 0. The Morgan fingerprint density at radius 2 is 2.23 bits per heavy atom. The molecule has 1 N–H and O–H groups in total. The Morgan fingerprint density at radius 3 is 2.77 bits per heavy atom. The highest BCUT2D eigenvalue weighted by atomic mass is 16.3. The van der Waals surface area contributed by atoms with E-state index in [1.807, 2.05) is 20.8 Å². The van der Waals surface area contributed by atoms with Gasteiger partial charge in [0.05, 0.1) is 5.60 Å². The van der Waals surface area contributed by atoms with Gasteiger partial charge in [-0.2, -0.15) is 0 Å². The van der Waals surface area contributed by atoms with E-state index in [0.717, 1.165) is 19.5 Å². The molecule has 1 fully saturated rings. The van der Waals surface area contributed by atoms with Gasteiger partial charge in [0.15, 0.2) is 0 Å². The van der Waals surface area contributed by atoms with Gasteiger partial charge in [0.2, 0.25) is 0 Å². The summed E-state index contributed by atoms with van der Waals surface area (Å²) < 4.78 is 0. The number of aliphatic hydroxyl groups is 1. The van der Waals surface area contributed by atoms with Crippen LogP contribution in [0.1, 0.15) is 33.6 Å². The number of nitrogens with zero attached hydrogens (tertiary/aromatic N) is 1. The third-order valence-electron chi connectivity index (χ3n) is 2.75. The first kappa shape index (κ1) is 10.7. The van der Waals surface area contributed by atoms with E-state index in [1.54, 1.807) is 0 Å². The van der Waals surface area contributed by atoms with Gasteiger partial charge in [-0.05, 0) is 40.2 Å². The third kappa shape index (κ3) is 2.82. The second-order valence-electron chi connectivity index (χ2n) is 4.38. The lowest BCUT2D eigenvalue weighted by Crippen LogP contribution is -2.45. The van der Waals surface area contributed by atoms with Crippen LogP contribution >= 0.6 is 0 Å². The molecule has 0 saturated carbocycles. The molecule has 2 nitrogen and oxygen atoms in total. The van der Waals surface area contributed by atoms with Crippen LogP contribution in [0.5, 0.6) is 0 Å². The van der Waals surface area contributed by atoms with Crippen LogP contribution in [0.3, 0.4) is 0 Å². The molecule has 76 valence electrons. The molecule has 1 heterocycles. The zero-order valence-corrected chi connectivity index (χ0v) is 8.95. The molecule has 1 saturated heterocycles. The first-order chi connectivity index (χ1) is 6.05. The highest BCUT2D eigenvalue weighted by Gasteiger charge is 2.34. The van der Waals surface area contributed by atoms with Crippen LogP contribution in [0, 0.1) is 0 Å². The van der Waals surface area contributed by atoms with Crippen molar-refractivity contribution >= 4 is 0 Å². The molecule has 1 aliphatic heterocycles. The van der Waals surface area contributed by atoms with Crippen LogP contribution in [0.25, 0.3) is 0 Å². The van der Waals surface area contributed by atoms with Crippen molar-refractivity contribution < 1.29 is 5.11 Å². The second kappa shape index (κ2) is 4.25. The number of likely N-dealkylation sites (tertiary alicyclic amines) is 1. The predicted octanol–water partition coefficient (Wildman–Crippen LogP) is 1.80. The van der Waals surface area contributed by atoms with E-state index >= 15 is 0 Å². The molecular weight excluding hydrogens is 162 g/mol. The van der Waals surface area contributed by atoms with E-state index in [4.69, 9.17) is 0 Å². The maximum atomic E-state index is 9.92. The van der Waals surface area contributed by atoms with E-state index in [-0.39, 0.29) is 0 Å². The normalized spacial score (nSPS) is 26.0. The molecule has 0 aliphatic carbocycles. The lowest BCUT2D eigenvalue weighted by atomic mass is 9.97. The minimum atomic E-state index is -0.557. The number of rotatable bonds is 3. The molecule has 2 heteroatoms. The van der Waals surface area contributed by atoms with Crippen molar-refractivity contribution in [1.82, 2.24) is 4.90 Å². The highest BCUT2D eigenvalue weighted by molar-refractivity contribution is 4.94. The minimum Gasteiger partial charge on any atom is -0.389 e. The first-order valence-electron chi connectivity index (χ1n) is 5.13. The molecule has 1 aliphatic rings. The predicted molar refractivity (Wildman–Crippen MR) is 55.7 cm³/mol. The van der Waals surface area contributed by atoms with Crippen molar-refractivity contribution in [2.45, 2.75) is 45.3 Å². The van der Waals surface area contributed by atoms with Crippen LogP contribution in [0.2, 0.25) is 0 Å². The second-order valence-corrected chi connectivity index (χ2v) is 4.38. The van der Waals surface area contributed by atoms with Crippen molar-refractivity contribution in [3.05, 3.63) is 12.2 Å². The van der Waals surface area contributed by atoms with Gasteiger partial charge in [0.1, 0.15) is 0 Å². The average Bonchev–Trinajstić information content (AvgIpc) is 2.47. The molecule has 0 spiro atoms. The molecule has 0 radical (unpaired) electrons. The zero-order valence-electron chi connectivity index (χ0n) is 8.95. The SMILES string of the molecule is C/C=C/CN1CCCC1C(C)(C)O. The van der Waals surface area contributed by atoms with Crippen molar-refractivity contribution in [2.75, 3.05) is 13.1 Å². The monoisotopic (exact) mass is 183 g/mol. The molecule has 13 heavy (non-hydrogen) atoms. The standard InChI is InChI=1S/C11H21NO/c1-4-5-8-12-9-6-7-10(12)11(2,3)13/h4-5,10,13H,6-9H2,1-3H3/b5-4+. The topological polar surface area (TPSA) is 23.5 Å². The Hall–Kier alpha value is -0.340. The zero-order chi connectivity index (χ0) is 9.90. The van der Waals surface area contributed by atoms with Crippen molar-refractivity contribution in [2.24, 2.45) is 0 Å². The van der Waals surface area contributed by atoms with Crippen LogP contribution in [0.15, 0.2) is 12.2 Å². The number of hydrogen-bond acceptors (Lipinski definition) is 2. The summed E-state index contributed by atoms with van der Waals surface area (Å²) >= 11 is 0. The van der Waals surface area contributed by atoms with Gasteiger partial charge in [-0.25, -0.2) is 0 Å². The van der Waals surface area contributed by atoms with Gasteiger partial charge in [0, 0.05) is 12.6 Å². The maximum Gasteiger partial charge on any atom is 0.0746 e. The molecular formula is C11H21NO. The molecule has 0 aromatic carbocycles. The molecule has 0 amide bonds. The summed E-state index contributed by atoms with van der Waals surface area (Å²) in [5.41, 5.74) is -0.557. The Labute approximate surface area is 81.2 Å². The van der Waals surface area contributed by atoms with Gasteiger partial charge in [-0.3, -0.25) is 4.90 Å². The number of hydrogen-bond donors (Lipinski definition) is 1. The largest absolute Gasteiger partial charge is 0.389 e. The third-order valence-corrected chi connectivity index (χ3v) is 2.75. The van der Waals surface area contributed by atoms with Gasteiger partial charge >= 0.3 is 0 Å². The average molecular weight is 183 g/mol. The minimum absolute atomic E-state index is 0.337. The molecule has 0 bridgehead atoms. The van der Waals surface area contributed by atoms with E-state index < -0.39 is 5.60 Å². The smallest absolute Gasteiger partial charge is 0.0746 e. The van der Waals surface area contributed by atoms with E-state index in [2.05, 4.69) is 17.1 Å². The summed E-state index contributed by atoms with van der Waals surface area (Å²) in [4.78, 5) is 2.36. The highest BCUT2D eigenvalue weighted by Crippen LogP contribution is 2.26. The number of allylic oxidation sites excluding steroid dienone is 1. The quantitative estimate of drug-likeness (QED) is 0.674. The Bertz CT molecular complexity index is 181. The molecule has 0 aromatic rings. The first-order valence-corrected chi connectivity index (χ1v) is 5.13. The van der Waals surface area contributed by atoms with Crippen LogP contribution in [0.4, 0.5) is 0 Å². The van der Waals surface area contributed by atoms with Crippen molar-refractivity contribution in [1.29, 1.82) is 0 Å². The summed E-state index contributed by atoms with van der Waals surface area (Å²) in [5.74, 6) is 0. The summed E-state index contributed by atoms with van der Waals surface area (Å²) in [5, 5.41) is 9.92. The Morgan fingerprint density at radius 1 is 1.54 bits per heavy atom. The lowest BCUT2D eigenvalue weighted by molar-refractivity contribution is 0.00137. The summed E-state index contributed by atoms with van der Waals surface area (Å²) in [6.45, 7) is 7.95. The lowest BCUT2D eigenvalue weighted by Gasteiger charge is -2.33. The molecule has 0 aromatic heterocycles. The fourth-order valence-electron chi connectivity index (χ4n) is 2.09. The van der Waals surface area contributed by atoms with Crippen molar-refractivity contribution in [3.63, 3.8) is 0 Å². The van der Waals surface area contributed by atoms with Gasteiger partial charge in [0.25, 0.3) is 0 Å². The fourth-order valence-corrected chi connectivity index (χ4v) is 2.09. The summed E-state index contributed by atoms with van der Waals surface area (Å²) in [6.07, 6.45) is 6.57. The molecule has 1 atom stereocenters. The summed E-state index contributed by atoms with van der Waals surface area (Å²) in [6, 6.07) is 0.337. The van der Waals surface area contributed by atoms with E-state index in [0.29, 0.717) is 6.04 Å². The van der Waals surface area contributed by atoms with Gasteiger partial charge in [-0.15, -0.1) is 0 Å². The van der Waals surface area contributed by atoms with Crippen LogP contribution in [-0.4, -0.2) is 34.7 Å². The van der Waals surface area contributed by atoms with Crippen LogP contribution in [-0.2, 0) is 0 Å².